The Morgan fingerprint density at radius 3 is 1.95 bits per heavy atom. The average Bonchev–Trinajstić information content (AvgIpc) is 2.37. The molecular weight excluding hydrogens is 244 g/mol. The molecule has 1 rings (SSSR count). The lowest BCUT2D eigenvalue weighted by molar-refractivity contribution is 0.377. The van der Waals surface area contributed by atoms with Gasteiger partial charge in [-0.15, -0.1) is 0 Å². The molecule has 0 heterocycles. The molecule has 108 valence electrons. The van der Waals surface area contributed by atoms with Crippen LogP contribution in [-0.4, -0.2) is 33.4 Å². The molecule has 0 bridgehead atoms. The molecule has 0 saturated carbocycles. The first-order chi connectivity index (χ1) is 8.91. The molecule has 0 unspecified atom stereocenters. The van der Waals surface area contributed by atoms with Crippen molar-refractivity contribution in [3.05, 3.63) is 12.1 Å². The molecule has 0 atom stereocenters. The molecule has 0 aromatic heterocycles. The number of ether oxygens (including phenoxy) is 3. The van der Waals surface area contributed by atoms with Crippen LogP contribution in [0.3, 0.4) is 0 Å². The van der Waals surface area contributed by atoms with Crippen molar-refractivity contribution in [2.75, 3.05) is 33.2 Å². The van der Waals surface area contributed by atoms with Crippen molar-refractivity contribution < 1.29 is 14.2 Å². The van der Waals surface area contributed by atoms with E-state index in [-0.39, 0.29) is 5.54 Å². The summed E-state index contributed by atoms with van der Waals surface area (Å²) in [6.45, 7) is 4.73. The average molecular weight is 268 g/mol. The molecule has 19 heavy (non-hydrogen) atoms. The van der Waals surface area contributed by atoms with E-state index in [1.54, 1.807) is 21.3 Å². The standard InChI is InChI=1S/C14H24N2O3/c1-14(2,15)6-7-16-13-11(18-4)8-10(17-3)9-12(13)19-5/h8-9,16H,6-7,15H2,1-5H3. The summed E-state index contributed by atoms with van der Waals surface area (Å²) in [5, 5.41) is 3.31. The number of nitrogens with two attached hydrogens (primary N) is 1. The van der Waals surface area contributed by atoms with Gasteiger partial charge in [0.05, 0.1) is 21.3 Å². The smallest absolute Gasteiger partial charge is 0.149 e. The van der Waals surface area contributed by atoms with Crippen LogP contribution in [0.15, 0.2) is 12.1 Å². The van der Waals surface area contributed by atoms with Gasteiger partial charge >= 0.3 is 0 Å². The first kappa shape index (κ1) is 15.4. The van der Waals surface area contributed by atoms with Gasteiger partial charge in [0.25, 0.3) is 0 Å². The van der Waals surface area contributed by atoms with Crippen LogP contribution in [0.4, 0.5) is 5.69 Å². The number of anilines is 1. The van der Waals surface area contributed by atoms with Gasteiger partial charge in [-0.2, -0.15) is 0 Å². The van der Waals surface area contributed by atoms with Gasteiger partial charge in [0.2, 0.25) is 0 Å². The van der Waals surface area contributed by atoms with Crippen LogP contribution in [-0.2, 0) is 0 Å². The Labute approximate surface area is 115 Å². The van der Waals surface area contributed by atoms with E-state index in [2.05, 4.69) is 5.32 Å². The summed E-state index contributed by atoms with van der Waals surface area (Å²) >= 11 is 0. The molecule has 0 amide bonds. The molecule has 0 saturated heterocycles. The number of hydrogen-bond donors (Lipinski definition) is 2. The number of nitrogens with one attached hydrogen (secondary N) is 1. The number of rotatable bonds is 7. The highest BCUT2D eigenvalue weighted by Crippen LogP contribution is 2.38. The van der Waals surface area contributed by atoms with E-state index in [4.69, 9.17) is 19.9 Å². The van der Waals surface area contributed by atoms with Crippen molar-refractivity contribution in [1.82, 2.24) is 0 Å². The van der Waals surface area contributed by atoms with Crippen molar-refractivity contribution in [3.8, 4) is 17.2 Å². The normalized spacial score (nSPS) is 11.1. The molecule has 5 heteroatoms. The fourth-order valence-corrected chi connectivity index (χ4v) is 1.69. The van der Waals surface area contributed by atoms with E-state index >= 15 is 0 Å². The minimum absolute atomic E-state index is 0.208. The molecule has 1 aromatic rings. The summed E-state index contributed by atoms with van der Waals surface area (Å²) in [6, 6.07) is 3.64. The lowest BCUT2D eigenvalue weighted by Crippen LogP contribution is -2.34. The zero-order valence-electron chi connectivity index (χ0n) is 12.4. The Bertz CT molecular complexity index is 389. The van der Waals surface area contributed by atoms with Gasteiger partial charge < -0.3 is 25.3 Å². The van der Waals surface area contributed by atoms with E-state index in [1.165, 1.54) is 0 Å². The van der Waals surface area contributed by atoms with E-state index in [9.17, 15) is 0 Å². The SMILES string of the molecule is COc1cc(OC)c(NCCC(C)(C)N)c(OC)c1. The van der Waals surface area contributed by atoms with E-state index in [1.807, 2.05) is 26.0 Å². The van der Waals surface area contributed by atoms with Crippen LogP contribution >= 0.6 is 0 Å². The van der Waals surface area contributed by atoms with Gasteiger partial charge in [0.15, 0.2) is 0 Å². The maximum Gasteiger partial charge on any atom is 0.149 e. The van der Waals surface area contributed by atoms with Crippen molar-refractivity contribution in [3.63, 3.8) is 0 Å². The Morgan fingerprint density at radius 2 is 1.58 bits per heavy atom. The predicted octanol–water partition coefficient (Wildman–Crippen LogP) is 2.25. The Balaban J connectivity index is 2.91. The Hall–Kier alpha value is -1.62. The highest BCUT2D eigenvalue weighted by atomic mass is 16.5. The van der Waals surface area contributed by atoms with Gasteiger partial charge in [-0.25, -0.2) is 0 Å². The van der Waals surface area contributed by atoms with Crippen LogP contribution in [0.25, 0.3) is 0 Å². The second-order valence-corrected chi connectivity index (χ2v) is 5.07. The molecule has 1 aromatic carbocycles. The van der Waals surface area contributed by atoms with Gasteiger partial charge in [-0.3, -0.25) is 0 Å². The zero-order valence-corrected chi connectivity index (χ0v) is 12.4. The summed E-state index contributed by atoms with van der Waals surface area (Å²) in [7, 11) is 4.84. The lowest BCUT2D eigenvalue weighted by Gasteiger charge is -2.21. The molecule has 0 radical (unpaired) electrons. The minimum atomic E-state index is -0.208. The lowest BCUT2D eigenvalue weighted by atomic mass is 10.0. The van der Waals surface area contributed by atoms with Crippen LogP contribution in [0.1, 0.15) is 20.3 Å². The van der Waals surface area contributed by atoms with Crippen LogP contribution in [0.5, 0.6) is 17.2 Å². The third-order valence-corrected chi connectivity index (χ3v) is 2.79. The fraction of sp³-hybridized carbons (Fsp3) is 0.571. The number of methoxy groups -OCH3 is 3. The molecule has 5 nitrogen and oxygen atoms in total. The van der Waals surface area contributed by atoms with Crippen LogP contribution < -0.4 is 25.3 Å². The predicted molar refractivity (Wildman–Crippen MR) is 77.5 cm³/mol. The highest BCUT2D eigenvalue weighted by molar-refractivity contribution is 5.68. The highest BCUT2D eigenvalue weighted by Gasteiger charge is 2.15. The molecule has 3 N–H and O–H groups in total. The topological polar surface area (TPSA) is 65.7 Å². The molecule has 0 aliphatic rings. The third-order valence-electron chi connectivity index (χ3n) is 2.79. The third kappa shape index (κ3) is 4.52. The fourth-order valence-electron chi connectivity index (χ4n) is 1.69. The van der Waals surface area contributed by atoms with Crippen LogP contribution in [0, 0.1) is 0 Å². The summed E-state index contributed by atoms with van der Waals surface area (Å²) < 4.78 is 15.9. The van der Waals surface area contributed by atoms with Crippen molar-refractivity contribution >= 4 is 5.69 Å². The first-order valence-corrected chi connectivity index (χ1v) is 6.24. The summed E-state index contributed by atoms with van der Waals surface area (Å²) in [5.41, 5.74) is 6.57. The Kier molecular flexibility index (Phi) is 5.30. The van der Waals surface area contributed by atoms with Gasteiger partial charge in [-0.1, -0.05) is 0 Å². The van der Waals surface area contributed by atoms with Gasteiger partial charge in [-0.05, 0) is 20.3 Å². The second-order valence-electron chi connectivity index (χ2n) is 5.07. The Morgan fingerprint density at radius 1 is 1.05 bits per heavy atom. The summed E-state index contributed by atoms with van der Waals surface area (Å²) in [6.07, 6.45) is 0.839. The van der Waals surface area contributed by atoms with E-state index < -0.39 is 0 Å². The molecule has 0 spiro atoms. The maximum atomic E-state index is 5.96. The first-order valence-electron chi connectivity index (χ1n) is 6.24. The molecule has 0 aliphatic carbocycles. The van der Waals surface area contributed by atoms with Gasteiger partial charge in [0.1, 0.15) is 22.9 Å². The van der Waals surface area contributed by atoms with Crippen molar-refractivity contribution in [2.45, 2.75) is 25.8 Å². The second kappa shape index (κ2) is 6.52. The van der Waals surface area contributed by atoms with Crippen molar-refractivity contribution in [2.24, 2.45) is 5.73 Å². The number of hydrogen-bond acceptors (Lipinski definition) is 5. The minimum Gasteiger partial charge on any atom is -0.496 e. The number of benzene rings is 1. The summed E-state index contributed by atoms with van der Waals surface area (Å²) in [4.78, 5) is 0. The van der Waals surface area contributed by atoms with Crippen molar-refractivity contribution in [1.29, 1.82) is 0 Å². The zero-order chi connectivity index (χ0) is 14.5. The molecular formula is C14H24N2O3. The van der Waals surface area contributed by atoms with E-state index in [0.29, 0.717) is 17.2 Å². The van der Waals surface area contributed by atoms with E-state index in [0.717, 1.165) is 18.7 Å². The molecule has 0 fully saturated rings. The monoisotopic (exact) mass is 268 g/mol. The summed E-state index contributed by atoms with van der Waals surface area (Å²) in [5.74, 6) is 2.07. The largest absolute Gasteiger partial charge is 0.496 e. The van der Waals surface area contributed by atoms with Crippen LogP contribution in [0.2, 0.25) is 0 Å². The van der Waals surface area contributed by atoms with Gasteiger partial charge in [0, 0.05) is 24.2 Å². The maximum absolute atomic E-state index is 5.96. The quantitative estimate of drug-likeness (QED) is 0.794. The molecule has 0 aliphatic heterocycles.